The first-order valence-corrected chi connectivity index (χ1v) is 4.02. The van der Waals surface area contributed by atoms with E-state index in [-0.39, 0.29) is 0 Å². The van der Waals surface area contributed by atoms with Gasteiger partial charge in [-0.25, -0.2) is 4.79 Å². The van der Waals surface area contributed by atoms with E-state index in [0.717, 1.165) is 0 Å². The van der Waals surface area contributed by atoms with Crippen molar-refractivity contribution in [2.75, 3.05) is 0 Å². The lowest BCUT2D eigenvalue weighted by Crippen LogP contribution is -2.27. The molecule has 2 unspecified atom stereocenters. The monoisotopic (exact) mass is 200 g/mol. The number of aromatic nitrogens is 2. The molecule has 14 heavy (non-hydrogen) atoms. The zero-order valence-electron chi connectivity index (χ0n) is 7.88. The van der Waals surface area contributed by atoms with Crippen molar-refractivity contribution in [3.8, 4) is 0 Å². The van der Waals surface area contributed by atoms with Gasteiger partial charge in [0.25, 0.3) is 0 Å². The maximum Gasteiger partial charge on any atom is 0.335 e. The van der Waals surface area contributed by atoms with Gasteiger partial charge in [0.15, 0.2) is 6.10 Å². The summed E-state index contributed by atoms with van der Waals surface area (Å²) in [6.07, 6.45) is -1.79. The topological polar surface area (TPSA) is 95.6 Å². The maximum atomic E-state index is 10.4. The van der Waals surface area contributed by atoms with Crippen molar-refractivity contribution in [1.29, 1.82) is 0 Å². The van der Waals surface area contributed by atoms with Crippen molar-refractivity contribution >= 4 is 5.97 Å². The molecule has 0 aliphatic rings. The van der Waals surface area contributed by atoms with E-state index in [2.05, 4.69) is 5.10 Å². The van der Waals surface area contributed by atoms with Gasteiger partial charge in [-0.1, -0.05) is 0 Å². The van der Waals surface area contributed by atoms with Crippen LogP contribution in [0.15, 0.2) is 6.20 Å². The highest BCUT2D eigenvalue weighted by atomic mass is 16.4. The molecule has 1 heterocycles. The Morgan fingerprint density at radius 1 is 1.57 bits per heavy atom. The fourth-order valence-electron chi connectivity index (χ4n) is 1.21. The van der Waals surface area contributed by atoms with Crippen LogP contribution in [0.2, 0.25) is 0 Å². The second kappa shape index (κ2) is 3.77. The van der Waals surface area contributed by atoms with Gasteiger partial charge in [0.05, 0.1) is 5.69 Å². The number of rotatable bonds is 3. The summed E-state index contributed by atoms with van der Waals surface area (Å²) in [5.41, 5.74) is 0.822. The van der Waals surface area contributed by atoms with Crippen molar-refractivity contribution in [2.45, 2.75) is 19.1 Å². The zero-order chi connectivity index (χ0) is 10.9. The Labute approximate surface area is 80.4 Å². The largest absolute Gasteiger partial charge is 0.479 e. The average molecular weight is 200 g/mol. The minimum Gasteiger partial charge on any atom is -0.479 e. The van der Waals surface area contributed by atoms with E-state index in [0.29, 0.717) is 11.3 Å². The zero-order valence-corrected chi connectivity index (χ0v) is 7.88. The number of aliphatic hydroxyl groups is 2. The van der Waals surface area contributed by atoms with E-state index >= 15 is 0 Å². The predicted octanol–water partition coefficient (Wildman–Crippen LogP) is -0.793. The minimum absolute atomic E-state index is 0.322. The summed E-state index contributed by atoms with van der Waals surface area (Å²) in [5.74, 6) is -1.46. The third-order valence-electron chi connectivity index (χ3n) is 1.92. The van der Waals surface area contributed by atoms with E-state index in [1.54, 1.807) is 14.0 Å². The predicted molar refractivity (Wildman–Crippen MR) is 46.5 cm³/mol. The molecule has 0 aliphatic carbocycles. The third-order valence-corrected chi connectivity index (χ3v) is 1.92. The summed E-state index contributed by atoms with van der Waals surface area (Å²) >= 11 is 0. The van der Waals surface area contributed by atoms with Gasteiger partial charge < -0.3 is 15.3 Å². The van der Waals surface area contributed by atoms with Crippen molar-refractivity contribution in [2.24, 2.45) is 7.05 Å². The molecule has 0 amide bonds. The van der Waals surface area contributed by atoms with Crippen LogP contribution in [0.4, 0.5) is 0 Å². The van der Waals surface area contributed by atoms with Crippen LogP contribution in [0, 0.1) is 6.92 Å². The molecule has 78 valence electrons. The van der Waals surface area contributed by atoms with Crippen molar-refractivity contribution in [3.05, 3.63) is 17.5 Å². The normalized spacial score (nSPS) is 15.1. The molecule has 0 saturated carbocycles. The van der Waals surface area contributed by atoms with Gasteiger partial charge in [-0.3, -0.25) is 4.68 Å². The van der Waals surface area contributed by atoms with Gasteiger partial charge in [0, 0.05) is 18.8 Å². The first-order chi connectivity index (χ1) is 6.43. The number of carbonyl (C=O) groups is 1. The van der Waals surface area contributed by atoms with Gasteiger partial charge in [0.2, 0.25) is 0 Å². The molecule has 0 aliphatic heterocycles. The van der Waals surface area contributed by atoms with Crippen LogP contribution in [0.1, 0.15) is 17.4 Å². The van der Waals surface area contributed by atoms with Crippen molar-refractivity contribution in [1.82, 2.24) is 9.78 Å². The average Bonchev–Trinajstić information content (AvgIpc) is 2.42. The van der Waals surface area contributed by atoms with Gasteiger partial charge >= 0.3 is 5.97 Å². The molecule has 0 bridgehead atoms. The van der Waals surface area contributed by atoms with Crippen LogP contribution in [0.3, 0.4) is 0 Å². The van der Waals surface area contributed by atoms with E-state index in [1.165, 1.54) is 10.9 Å². The molecular formula is C8H12N2O4. The number of carboxylic acids is 1. The number of aryl methyl sites for hydroxylation is 2. The summed E-state index contributed by atoms with van der Waals surface area (Å²) in [7, 11) is 1.65. The quantitative estimate of drug-likeness (QED) is 0.594. The van der Waals surface area contributed by atoms with Gasteiger partial charge in [-0.2, -0.15) is 5.10 Å². The number of hydrogen-bond acceptors (Lipinski definition) is 4. The second-order valence-corrected chi connectivity index (χ2v) is 3.07. The first kappa shape index (κ1) is 10.7. The Hall–Kier alpha value is -1.40. The maximum absolute atomic E-state index is 10.4. The van der Waals surface area contributed by atoms with Crippen LogP contribution in [-0.2, 0) is 11.8 Å². The SMILES string of the molecule is Cc1nn(C)cc1C(O)C(O)C(=O)O. The van der Waals surface area contributed by atoms with E-state index in [4.69, 9.17) is 10.2 Å². The Balaban J connectivity index is 2.94. The number of hydrogen-bond donors (Lipinski definition) is 3. The van der Waals surface area contributed by atoms with Crippen LogP contribution in [-0.4, -0.2) is 37.2 Å². The summed E-state index contributed by atoms with van der Waals surface area (Å²) in [4.78, 5) is 10.4. The van der Waals surface area contributed by atoms with Gasteiger partial charge in [0.1, 0.15) is 6.10 Å². The highest BCUT2D eigenvalue weighted by Crippen LogP contribution is 2.19. The summed E-state index contributed by atoms with van der Waals surface area (Å²) in [6, 6.07) is 0. The minimum atomic E-state index is -1.82. The molecule has 0 aromatic carbocycles. The Morgan fingerprint density at radius 2 is 2.14 bits per heavy atom. The van der Waals surface area contributed by atoms with Crippen LogP contribution in [0.25, 0.3) is 0 Å². The molecule has 1 rings (SSSR count). The molecule has 0 fully saturated rings. The fourth-order valence-corrected chi connectivity index (χ4v) is 1.21. The van der Waals surface area contributed by atoms with Crippen LogP contribution < -0.4 is 0 Å². The highest BCUT2D eigenvalue weighted by Gasteiger charge is 2.27. The van der Waals surface area contributed by atoms with Crippen LogP contribution >= 0.6 is 0 Å². The fraction of sp³-hybridized carbons (Fsp3) is 0.500. The van der Waals surface area contributed by atoms with Crippen molar-refractivity contribution < 1.29 is 20.1 Å². The Bertz CT molecular complexity index is 347. The smallest absolute Gasteiger partial charge is 0.335 e. The summed E-state index contributed by atoms with van der Waals surface area (Å²) < 4.78 is 1.45. The Kier molecular flexibility index (Phi) is 2.87. The van der Waals surface area contributed by atoms with Gasteiger partial charge in [-0.15, -0.1) is 0 Å². The number of aliphatic hydroxyl groups excluding tert-OH is 2. The molecule has 3 N–H and O–H groups in total. The molecule has 1 aromatic heterocycles. The molecule has 1 aromatic rings. The van der Waals surface area contributed by atoms with Gasteiger partial charge in [-0.05, 0) is 6.92 Å². The molecule has 6 heteroatoms. The molecule has 6 nitrogen and oxygen atoms in total. The van der Waals surface area contributed by atoms with E-state index in [1.807, 2.05) is 0 Å². The molecule has 2 atom stereocenters. The summed E-state index contributed by atoms with van der Waals surface area (Å²) in [5, 5.41) is 31.0. The molecule has 0 spiro atoms. The van der Waals surface area contributed by atoms with Crippen LogP contribution in [0.5, 0.6) is 0 Å². The number of nitrogens with zero attached hydrogens (tertiary/aromatic N) is 2. The first-order valence-electron chi connectivity index (χ1n) is 4.02. The number of aliphatic carboxylic acids is 1. The lowest BCUT2D eigenvalue weighted by molar-refractivity contribution is -0.153. The summed E-state index contributed by atoms with van der Waals surface area (Å²) in [6.45, 7) is 1.63. The lowest BCUT2D eigenvalue weighted by atomic mass is 10.1. The standard InChI is InChI=1S/C8H12N2O4/c1-4-5(3-10(2)9-4)6(11)7(12)8(13)14/h3,6-7,11-12H,1-2H3,(H,13,14). The molecule has 0 radical (unpaired) electrons. The van der Waals surface area contributed by atoms with Crippen molar-refractivity contribution in [3.63, 3.8) is 0 Å². The third kappa shape index (κ3) is 1.91. The number of carboxylic acid groups (broad SMARTS) is 1. The van der Waals surface area contributed by atoms with E-state index in [9.17, 15) is 9.90 Å². The second-order valence-electron chi connectivity index (χ2n) is 3.07. The van der Waals surface area contributed by atoms with E-state index < -0.39 is 18.2 Å². The highest BCUT2D eigenvalue weighted by molar-refractivity contribution is 5.73. The molecule has 0 saturated heterocycles. The Morgan fingerprint density at radius 3 is 2.50 bits per heavy atom. The molecular weight excluding hydrogens is 188 g/mol. The lowest BCUT2D eigenvalue weighted by Gasteiger charge is -2.12.